The molecule has 1 saturated heterocycles. The van der Waals surface area contributed by atoms with Crippen molar-refractivity contribution in [2.45, 2.75) is 117 Å². The highest BCUT2D eigenvalue weighted by atomic mass is 28.6. The first-order valence-corrected chi connectivity index (χ1v) is 31.9. The third-order valence-corrected chi connectivity index (χ3v) is 52.6. The number of nitrogens with zero attached hydrogens (tertiary/aromatic N) is 3. The van der Waals surface area contributed by atoms with E-state index in [4.69, 9.17) is 0 Å². The van der Waals surface area contributed by atoms with Crippen LogP contribution in [0.4, 0.5) is 8.22 Å². The Morgan fingerprint density at radius 1 is 0.710 bits per heavy atom. The van der Waals surface area contributed by atoms with Crippen LogP contribution in [0, 0.1) is 0 Å². The van der Waals surface area contributed by atoms with Gasteiger partial charge in [0.05, 0.1) is 0 Å². The van der Waals surface area contributed by atoms with Gasteiger partial charge in [-0.25, -0.2) is 0 Å². The van der Waals surface area contributed by atoms with Crippen LogP contribution in [-0.2, 0) is 0 Å². The van der Waals surface area contributed by atoms with Gasteiger partial charge in [-0.15, -0.1) is 0 Å². The summed E-state index contributed by atoms with van der Waals surface area (Å²) in [5.74, 6) is 0. The van der Waals surface area contributed by atoms with Gasteiger partial charge in [0.1, 0.15) is 16.5 Å². The lowest BCUT2D eigenvalue weighted by atomic mass is 10.3. The van der Waals surface area contributed by atoms with Crippen LogP contribution in [-0.4, -0.2) is 70.7 Å². The van der Waals surface area contributed by atoms with E-state index >= 15 is 8.22 Å². The molecule has 0 aliphatic carbocycles. The summed E-state index contributed by atoms with van der Waals surface area (Å²) < 4.78 is 44.0. The molecule has 0 atom stereocenters. The molecule has 1 aliphatic rings. The molecule has 4 nitrogen and oxygen atoms in total. The smallest absolute Gasteiger partial charge is 0.346 e. The highest BCUT2D eigenvalue weighted by Crippen LogP contribution is 2.47. The molecule has 0 unspecified atom stereocenters. The van der Waals surface area contributed by atoms with Gasteiger partial charge in [-0.05, 0) is 52.4 Å². The fourth-order valence-corrected chi connectivity index (χ4v) is 70.5. The maximum absolute atomic E-state index is 16.1. The molecule has 0 aromatic heterocycles. The van der Waals surface area contributed by atoms with Crippen LogP contribution in [0.2, 0.25) is 96.7 Å². The summed E-state index contributed by atoms with van der Waals surface area (Å²) in [7, 11) is -16.5. The van der Waals surface area contributed by atoms with E-state index in [1.807, 2.05) is 3.90 Å². The topological polar surface area (TPSA) is 21.8 Å². The summed E-state index contributed by atoms with van der Waals surface area (Å²) in [5, 5.41) is -0.960. The molecule has 0 spiro atoms. The Bertz CT molecular complexity index is 664. The molecular weight excluding hydrogens is 507 g/mol. The molecular formula is C18H52F2N4Si7. The molecule has 0 radical (unpaired) electrons. The lowest BCUT2D eigenvalue weighted by molar-refractivity contribution is 0.434. The zero-order valence-electron chi connectivity index (χ0n) is 23.6. The van der Waals surface area contributed by atoms with Crippen LogP contribution in [0.5, 0.6) is 0 Å². The molecule has 0 aromatic rings. The Kier molecular flexibility index (Phi) is 7.93. The third-order valence-electron chi connectivity index (χ3n) is 6.44. The molecule has 0 bridgehead atoms. The normalized spacial score (nSPS) is 22.1. The minimum atomic E-state index is -4.63. The van der Waals surface area contributed by atoms with Gasteiger partial charge in [-0.2, -0.15) is 0 Å². The van der Waals surface area contributed by atoms with E-state index in [1.165, 1.54) is 0 Å². The summed E-state index contributed by atoms with van der Waals surface area (Å²) in [6, 6.07) is 0. The van der Waals surface area contributed by atoms with Gasteiger partial charge in [0.15, 0.2) is 33.6 Å². The molecule has 1 N–H and O–H groups in total. The van der Waals surface area contributed by atoms with E-state index in [9.17, 15) is 0 Å². The summed E-state index contributed by atoms with van der Waals surface area (Å²) >= 11 is 0. The van der Waals surface area contributed by atoms with E-state index in [-0.39, 0.29) is 0 Å². The molecule has 186 valence electrons. The van der Waals surface area contributed by atoms with E-state index in [1.54, 1.807) is 20.8 Å². The van der Waals surface area contributed by atoms with Crippen LogP contribution in [0.3, 0.4) is 0 Å². The van der Waals surface area contributed by atoms with Crippen LogP contribution in [0.25, 0.3) is 0 Å². The zero-order chi connectivity index (χ0) is 25.4. The number of halogens is 2. The molecule has 13 heteroatoms. The van der Waals surface area contributed by atoms with Gasteiger partial charge in [0.25, 0.3) is 0 Å². The Labute approximate surface area is 200 Å². The van der Waals surface area contributed by atoms with Crippen molar-refractivity contribution in [2.75, 3.05) is 0 Å². The molecule has 1 rings (SSSR count). The van der Waals surface area contributed by atoms with Gasteiger partial charge < -0.3 is 16.3 Å². The van der Waals surface area contributed by atoms with Crippen LogP contribution < -0.4 is 4.65 Å². The van der Waals surface area contributed by atoms with Gasteiger partial charge in [-0.1, -0.05) is 60.1 Å². The second-order valence-electron chi connectivity index (χ2n) is 14.4. The van der Waals surface area contributed by atoms with E-state index in [0.717, 1.165) is 0 Å². The van der Waals surface area contributed by atoms with Crippen LogP contribution in [0.1, 0.15) is 20.8 Å². The number of nitrogens with one attached hydrogen (secondary N) is 1. The maximum Gasteiger partial charge on any atom is 0.500 e. The van der Waals surface area contributed by atoms with Crippen molar-refractivity contribution in [2.24, 2.45) is 0 Å². The second-order valence-corrected chi connectivity index (χ2v) is 46.9. The summed E-state index contributed by atoms with van der Waals surface area (Å²) in [6.07, 6.45) is 0. The van der Waals surface area contributed by atoms with E-state index in [2.05, 4.69) is 104 Å². The molecule has 0 amide bonds. The number of rotatable bonds is 7. The Balaban J connectivity index is 3.47. The summed E-state index contributed by atoms with van der Waals surface area (Å²) in [6.45, 7) is 38.0. The Morgan fingerprint density at radius 2 is 1.06 bits per heavy atom. The largest absolute Gasteiger partial charge is 0.500 e. The predicted molar refractivity (Wildman–Crippen MR) is 153 cm³/mol. The van der Waals surface area contributed by atoms with Gasteiger partial charge >= 0.3 is 8.90 Å². The summed E-state index contributed by atoms with van der Waals surface area (Å²) in [4.78, 5) is 0. The van der Waals surface area contributed by atoms with Gasteiger partial charge in [0, 0.05) is 5.04 Å². The highest BCUT2D eigenvalue weighted by molar-refractivity contribution is 7.21. The highest BCUT2D eigenvalue weighted by Gasteiger charge is 2.69. The van der Waals surface area contributed by atoms with Crippen molar-refractivity contribution in [1.29, 1.82) is 0 Å². The number of hydrogen-bond donors (Lipinski definition) is 1. The first-order valence-electron chi connectivity index (χ1n) is 11.6. The average molecular weight is 559 g/mol. The molecule has 1 fully saturated rings. The van der Waals surface area contributed by atoms with Crippen molar-refractivity contribution < 1.29 is 8.22 Å². The van der Waals surface area contributed by atoms with Crippen molar-refractivity contribution >= 4 is 59.0 Å². The first-order chi connectivity index (χ1) is 13.1. The van der Waals surface area contributed by atoms with Gasteiger partial charge in [0.2, 0.25) is 0 Å². The molecule has 31 heavy (non-hydrogen) atoms. The molecule has 0 aromatic carbocycles. The first kappa shape index (κ1) is 30.2. The lowest BCUT2D eigenvalue weighted by Crippen LogP contribution is -3.00. The molecule has 0 saturated carbocycles. The van der Waals surface area contributed by atoms with Gasteiger partial charge in [-0.3, -0.25) is 8.22 Å². The summed E-state index contributed by atoms with van der Waals surface area (Å²) in [5.41, 5.74) is 0. The predicted octanol–water partition coefficient (Wildman–Crippen LogP) is 6.65. The van der Waals surface area contributed by atoms with Crippen molar-refractivity contribution in [1.82, 2.24) is 16.3 Å². The maximum atomic E-state index is 16.1. The standard InChI is InChI=1S/C18H52F2N4Si7/c1-18(2,3)31(19,20)22(25(4,5)6)27(10,11)21-28(12,13)24-29(14,15)23(26(7,8)9)30(24,16)17/h21H,1-17H3. The minimum absolute atomic E-state index is 0.960. The minimum Gasteiger partial charge on any atom is -0.346 e. The lowest BCUT2D eigenvalue weighted by Gasteiger charge is -2.75. The monoisotopic (exact) mass is 558 g/mol. The van der Waals surface area contributed by atoms with Crippen molar-refractivity contribution in [3.8, 4) is 0 Å². The van der Waals surface area contributed by atoms with E-state index < -0.39 is 64.0 Å². The quantitative estimate of drug-likeness (QED) is 0.279. The molecule has 1 heterocycles. The van der Waals surface area contributed by atoms with E-state index in [0.29, 0.717) is 0 Å². The van der Waals surface area contributed by atoms with Crippen molar-refractivity contribution in [3.05, 3.63) is 0 Å². The third kappa shape index (κ3) is 5.41. The van der Waals surface area contributed by atoms with Crippen LogP contribution in [0.15, 0.2) is 0 Å². The fourth-order valence-electron chi connectivity index (χ4n) is 7.31. The second kappa shape index (κ2) is 8.13. The fraction of sp³-hybridized carbons (Fsp3) is 1.00. The molecule has 1 aliphatic heterocycles. The zero-order valence-corrected chi connectivity index (χ0v) is 30.6. The van der Waals surface area contributed by atoms with Crippen molar-refractivity contribution in [3.63, 3.8) is 0 Å². The SMILES string of the molecule is CC(C)(C)[Si](F)(F)N([Si](C)(C)C)[Si](C)(C)N[Si](C)(C)N1[Si](C)(C)N([Si](C)(C)C)[Si]1(C)C. The number of hydrogen-bond acceptors (Lipinski definition) is 4. The Hall–Kier alpha value is 1.22. The Morgan fingerprint density at radius 3 is 1.32 bits per heavy atom. The van der Waals surface area contributed by atoms with Crippen LogP contribution >= 0.6 is 0 Å². The average Bonchev–Trinajstić information content (AvgIpc) is 2.25.